The van der Waals surface area contributed by atoms with E-state index in [2.05, 4.69) is 9.97 Å². The summed E-state index contributed by atoms with van der Waals surface area (Å²) >= 11 is 0. The first kappa shape index (κ1) is 22.1. The fourth-order valence-electron chi connectivity index (χ4n) is 3.72. The number of aliphatic hydroxyl groups excluding tert-OH is 1. The van der Waals surface area contributed by atoms with E-state index in [1.165, 1.54) is 6.07 Å². The molecule has 1 saturated heterocycles. The molecule has 2 heterocycles. The fraction of sp³-hybridized carbons (Fsp3) is 0.318. The molecule has 2 aromatic carbocycles. The van der Waals surface area contributed by atoms with Crippen molar-refractivity contribution < 1.29 is 23.1 Å². The summed E-state index contributed by atoms with van der Waals surface area (Å²) in [5.74, 6) is -0.308. The Bertz CT molecular complexity index is 1290. The van der Waals surface area contributed by atoms with Crippen molar-refractivity contribution in [1.29, 1.82) is 0 Å². The number of anilines is 1. The molecule has 0 aliphatic carbocycles. The predicted molar refractivity (Wildman–Crippen MR) is 118 cm³/mol. The van der Waals surface area contributed by atoms with Crippen LogP contribution in [0.2, 0.25) is 0 Å². The zero-order valence-electron chi connectivity index (χ0n) is 17.7. The highest BCUT2D eigenvalue weighted by Gasteiger charge is 2.44. The third-order valence-corrected chi connectivity index (χ3v) is 7.48. The fourth-order valence-corrected chi connectivity index (χ4v) is 5.43. The van der Waals surface area contributed by atoms with Gasteiger partial charge in [0.2, 0.25) is 10.0 Å². The highest BCUT2D eigenvalue weighted by atomic mass is 32.2. The van der Waals surface area contributed by atoms with E-state index in [1.54, 1.807) is 30.3 Å². The molecule has 32 heavy (non-hydrogen) atoms. The maximum Gasteiger partial charge on any atom is 0.325 e. The van der Waals surface area contributed by atoms with Crippen LogP contribution >= 0.6 is 0 Å². The number of aryl methyl sites for hydroxylation is 2. The van der Waals surface area contributed by atoms with Gasteiger partial charge in [-0.15, -0.1) is 0 Å². The molecule has 0 radical (unpaired) electrons. The van der Waals surface area contributed by atoms with Gasteiger partial charge in [0.25, 0.3) is 0 Å². The first-order valence-electron chi connectivity index (χ1n) is 10.1. The molecule has 0 bridgehead atoms. The van der Waals surface area contributed by atoms with Gasteiger partial charge in [0, 0.05) is 18.4 Å². The number of benzene rings is 2. The van der Waals surface area contributed by atoms with Crippen LogP contribution in [0, 0.1) is 13.8 Å². The van der Waals surface area contributed by atoms with Crippen LogP contribution in [0.5, 0.6) is 0 Å². The number of carbonyl (C=O) groups is 1. The molecule has 168 valence electrons. The molecule has 2 atom stereocenters. The number of rotatable bonds is 5. The van der Waals surface area contributed by atoms with Gasteiger partial charge in [-0.1, -0.05) is 18.2 Å². The minimum absolute atomic E-state index is 0.0520. The summed E-state index contributed by atoms with van der Waals surface area (Å²) in [4.78, 5) is 21.4. The third kappa shape index (κ3) is 4.16. The Hall–Kier alpha value is -3.08. The zero-order valence-corrected chi connectivity index (χ0v) is 18.5. The van der Waals surface area contributed by atoms with E-state index in [1.807, 2.05) is 19.9 Å². The van der Waals surface area contributed by atoms with Crippen LogP contribution in [0.25, 0.3) is 10.9 Å². The number of nitrogens with zero attached hydrogens (tertiary/aromatic N) is 3. The molecule has 3 N–H and O–H groups in total. The number of hydrogen-bond acceptors (Lipinski definition) is 8. The number of ether oxygens (including phenoxy) is 1. The minimum Gasteiger partial charge on any atom is -0.456 e. The smallest absolute Gasteiger partial charge is 0.325 e. The molecule has 0 amide bonds. The Morgan fingerprint density at radius 1 is 1.19 bits per heavy atom. The third-order valence-electron chi connectivity index (χ3n) is 5.61. The lowest BCUT2D eigenvalue weighted by atomic mass is 10.1. The van der Waals surface area contributed by atoms with Crippen molar-refractivity contribution in [2.75, 3.05) is 12.3 Å². The summed E-state index contributed by atoms with van der Waals surface area (Å²) < 4.78 is 32.7. The minimum atomic E-state index is -4.00. The van der Waals surface area contributed by atoms with E-state index in [4.69, 9.17) is 10.5 Å². The molecule has 0 spiro atoms. The van der Waals surface area contributed by atoms with Crippen molar-refractivity contribution in [2.24, 2.45) is 0 Å². The van der Waals surface area contributed by atoms with Gasteiger partial charge in [-0.3, -0.25) is 4.79 Å². The van der Waals surface area contributed by atoms with E-state index in [9.17, 15) is 18.3 Å². The lowest BCUT2D eigenvalue weighted by Crippen LogP contribution is -2.41. The van der Waals surface area contributed by atoms with Crippen molar-refractivity contribution in [3.63, 3.8) is 0 Å². The van der Waals surface area contributed by atoms with Crippen LogP contribution in [-0.4, -0.2) is 52.5 Å². The first-order chi connectivity index (χ1) is 15.2. The number of β-amino-alcohol motifs (C(OH)–C–C–N with tert-alkyl or cyclic N) is 1. The Balaban J connectivity index is 1.54. The predicted octanol–water partition coefficient (Wildman–Crippen LogP) is 1.70. The van der Waals surface area contributed by atoms with Crippen molar-refractivity contribution in [1.82, 2.24) is 14.3 Å². The second-order valence-corrected chi connectivity index (χ2v) is 9.77. The van der Waals surface area contributed by atoms with Crippen LogP contribution in [0.3, 0.4) is 0 Å². The van der Waals surface area contributed by atoms with E-state index < -0.39 is 28.1 Å². The van der Waals surface area contributed by atoms with E-state index >= 15 is 0 Å². The van der Waals surface area contributed by atoms with Crippen molar-refractivity contribution >= 4 is 32.7 Å². The summed E-state index contributed by atoms with van der Waals surface area (Å²) in [6.07, 6.45) is -1.02. The summed E-state index contributed by atoms with van der Waals surface area (Å²) in [6, 6.07) is 10.8. The van der Waals surface area contributed by atoms with Gasteiger partial charge in [0.1, 0.15) is 11.9 Å². The quantitative estimate of drug-likeness (QED) is 0.554. The number of nitrogen functional groups attached to an aromatic ring is 1. The molecule has 9 nitrogen and oxygen atoms in total. The zero-order chi connectivity index (χ0) is 23.0. The normalized spacial score (nSPS) is 19.3. The Labute approximate surface area is 185 Å². The van der Waals surface area contributed by atoms with Crippen LogP contribution in [0.15, 0.2) is 47.4 Å². The maximum atomic E-state index is 13.2. The van der Waals surface area contributed by atoms with Crippen molar-refractivity contribution in [3.8, 4) is 0 Å². The molecule has 3 aromatic rings. The molecule has 1 unspecified atom stereocenters. The first-order valence-corrected chi connectivity index (χ1v) is 11.6. The topological polar surface area (TPSA) is 136 Å². The van der Waals surface area contributed by atoms with Crippen LogP contribution in [0.1, 0.15) is 23.4 Å². The van der Waals surface area contributed by atoms with Crippen molar-refractivity contribution in [2.45, 2.75) is 43.9 Å². The molecule has 1 aromatic heterocycles. The lowest BCUT2D eigenvalue weighted by Gasteiger charge is -2.22. The Morgan fingerprint density at radius 2 is 1.94 bits per heavy atom. The number of fused-ring (bicyclic) bond motifs is 1. The standard InChI is InChI=1S/C22H24N4O5S/c1-13-7-8-16(9-14(13)2)32(29,30)26-11-15(27)10-19(26)22(28)31-12-20-24-18-6-4-3-5-17(18)21(23)25-20/h3-9,15,19,27H,10-12H2,1-2H3,(H2,23,24,25)/t15?,19-/m0/s1. The van der Waals surface area contributed by atoms with Crippen LogP contribution in [0.4, 0.5) is 5.82 Å². The molecular weight excluding hydrogens is 432 g/mol. The summed E-state index contributed by atoms with van der Waals surface area (Å²) in [5.41, 5.74) is 8.34. The largest absolute Gasteiger partial charge is 0.456 e. The number of sulfonamides is 1. The summed E-state index contributed by atoms with van der Waals surface area (Å²) in [7, 11) is -4.00. The molecule has 1 aliphatic rings. The number of aromatic nitrogens is 2. The lowest BCUT2D eigenvalue weighted by molar-refractivity contribution is -0.149. The summed E-state index contributed by atoms with van der Waals surface area (Å²) in [5, 5.41) is 10.8. The average Bonchev–Trinajstić information content (AvgIpc) is 3.16. The molecule has 1 fully saturated rings. The van der Waals surface area contributed by atoms with Gasteiger partial charge in [-0.05, 0) is 49.2 Å². The molecule has 4 rings (SSSR count). The average molecular weight is 457 g/mol. The Morgan fingerprint density at radius 3 is 2.69 bits per heavy atom. The highest BCUT2D eigenvalue weighted by Crippen LogP contribution is 2.28. The monoisotopic (exact) mass is 456 g/mol. The van der Waals surface area contributed by atoms with Crippen molar-refractivity contribution in [3.05, 3.63) is 59.4 Å². The number of aliphatic hydroxyl groups is 1. The van der Waals surface area contributed by atoms with Gasteiger partial charge in [-0.25, -0.2) is 18.4 Å². The SMILES string of the molecule is Cc1ccc(S(=O)(=O)N2CC(O)C[C@H]2C(=O)OCc2nc(N)c3ccccc3n2)cc1C. The molecule has 1 aliphatic heterocycles. The molecular formula is C22H24N4O5S. The van der Waals surface area contributed by atoms with Gasteiger partial charge in [0.15, 0.2) is 12.4 Å². The van der Waals surface area contributed by atoms with E-state index in [0.29, 0.717) is 10.9 Å². The van der Waals surface area contributed by atoms with Gasteiger partial charge in [0.05, 0.1) is 16.5 Å². The van der Waals surface area contributed by atoms with Crippen LogP contribution < -0.4 is 5.73 Å². The second kappa shape index (κ2) is 8.45. The number of hydrogen-bond donors (Lipinski definition) is 2. The number of carbonyl (C=O) groups excluding carboxylic acids is 1. The number of para-hydroxylation sites is 1. The second-order valence-electron chi connectivity index (χ2n) is 7.88. The number of nitrogens with two attached hydrogens (primary N) is 1. The van der Waals surface area contributed by atoms with Gasteiger partial charge >= 0.3 is 5.97 Å². The number of esters is 1. The maximum absolute atomic E-state index is 13.2. The highest BCUT2D eigenvalue weighted by molar-refractivity contribution is 7.89. The van der Waals surface area contributed by atoms with E-state index in [0.717, 1.165) is 15.4 Å². The van der Waals surface area contributed by atoms with Gasteiger partial charge in [-0.2, -0.15) is 4.31 Å². The molecule has 10 heteroatoms. The van der Waals surface area contributed by atoms with Crippen LogP contribution in [-0.2, 0) is 26.2 Å². The van der Waals surface area contributed by atoms with Gasteiger partial charge < -0.3 is 15.6 Å². The van der Waals surface area contributed by atoms with E-state index in [-0.39, 0.29) is 36.1 Å². The summed E-state index contributed by atoms with van der Waals surface area (Å²) in [6.45, 7) is 3.24. The Kier molecular flexibility index (Phi) is 5.85. The molecule has 0 saturated carbocycles.